The second-order valence-corrected chi connectivity index (χ2v) is 9.54. The van der Waals surface area contributed by atoms with Crippen molar-refractivity contribution in [3.8, 4) is 0 Å². The summed E-state index contributed by atoms with van der Waals surface area (Å²) in [5.41, 5.74) is -7.76. The fourth-order valence-electron chi connectivity index (χ4n) is 4.51. The Balaban J connectivity index is 2.14. The molecule has 0 heterocycles. The molecule has 14 heteroatoms. The molecule has 0 spiro atoms. The molecule has 0 saturated heterocycles. The predicted octanol–water partition coefficient (Wildman–Crippen LogP) is 5.34. The SMILES string of the molecule is CO[C@@H](COC(=O)[C@@](OC)(c1ccccc1)C(F)(F)F)C[C@H](OC)[C@@H](C)COC(=O)[C@@](OC)(c1ccccc1)C(F)(F)F. The van der Waals surface area contributed by atoms with Crippen LogP contribution in [-0.4, -0.2) is 78.2 Å². The molecule has 0 N–H and O–H groups in total. The molecule has 0 fully saturated rings. The normalized spacial score (nSPS) is 17.2. The first-order valence-corrected chi connectivity index (χ1v) is 12.9. The van der Waals surface area contributed by atoms with Crippen molar-refractivity contribution in [3.63, 3.8) is 0 Å². The summed E-state index contributed by atoms with van der Waals surface area (Å²) >= 11 is 0. The standard InChI is InChI=1S/C29H34F6O8/c1-19(17-42-24(36)26(40-4,28(30,31)32)20-12-8-6-9-13-20)23(39-3)16-22(38-2)18-43-25(37)27(41-5,29(33,34)35)21-14-10-7-11-15-21/h6-15,19,22-23H,16-18H2,1-5H3/t19-,22+,23-,26-,27-/m0/s1. The maximum Gasteiger partial charge on any atom is 0.432 e. The lowest BCUT2D eigenvalue weighted by molar-refractivity contribution is -0.278. The molecule has 0 aromatic heterocycles. The molecule has 240 valence electrons. The van der Waals surface area contributed by atoms with Gasteiger partial charge in [-0.3, -0.25) is 0 Å². The molecule has 43 heavy (non-hydrogen) atoms. The van der Waals surface area contributed by atoms with Crippen LogP contribution in [0.2, 0.25) is 0 Å². The van der Waals surface area contributed by atoms with Crippen LogP contribution < -0.4 is 0 Å². The van der Waals surface area contributed by atoms with E-state index in [1.165, 1.54) is 57.5 Å². The molecule has 0 aliphatic heterocycles. The van der Waals surface area contributed by atoms with Gasteiger partial charge in [-0.15, -0.1) is 0 Å². The maximum atomic E-state index is 14.1. The molecule has 5 atom stereocenters. The molecular formula is C29H34F6O8. The van der Waals surface area contributed by atoms with Gasteiger partial charge in [-0.25, -0.2) is 9.59 Å². The first kappa shape index (κ1) is 36.0. The minimum absolute atomic E-state index is 0.0935. The van der Waals surface area contributed by atoms with E-state index in [0.29, 0.717) is 0 Å². The summed E-state index contributed by atoms with van der Waals surface area (Å²) < 4.78 is 115. The van der Waals surface area contributed by atoms with Gasteiger partial charge in [-0.2, -0.15) is 26.3 Å². The predicted molar refractivity (Wildman–Crippen MR) is 140 cm³/mol. The van der Waals surface area contributed by atoms with E-state index in [-0.39, 0.29) is 6.42 Å². The van der Waals surface area contributed by atoms with Gasteiger partial charge in [0, 0.05) is 51.9 Å². The second-order valence-electron chi connectivity index (χ2n) is 9.54. The van der Waals surface area contributed by atoms with Crippen molar-refractivity contribution in [1.29, 1.82) is 0 Å². The molecule has 0 aliphatic rings. The Labute approximate surface area is 245 Å². The van der Waals surface area contributed by atoms with Crippen LogP contribution in [0.25, 0.3) is 0 Å². The summed E-state index contributed by atoms with van der Waals surface area (Å²) in [6.45, 7) is 0.320. The number of methoxy groups -OCH3 is 4. The van der Waals surface area contributed by atoms with Crippen LogP contribution in [0.4, 0.5) is 26.3 Å². The Morgan fingerprint density at radius 3 is 1.37 bits per heavy atom. The van der Waals surface area contributed by atoms with Gasteiger partial charge in [0.1, 0.15) is 6.61 Å². The molecule has 2 aromatic carbocycles. The number of hydrogen-bond donors (Lipinski definition) is 0. The number of benzene rings is 2. The number of rotatable bonds is 15. The first-order valence-electron chi connectivity index (χ1n) is 12.9. The Kier molecular flexibility index (Phi) is 12.6. The highest BCUT2D eigenvalue weighted by atomic mass is 19.4. The van der Waals surface area contributed by atoms with Gasteiger partial charge in [0.15, 0.2) is 0 Å². The third-order valence-corrected chi connectivity index (χ3v) is 6.99. The fraction of sp³-hybridized carbons (Fsp3) is 0.517. The summed E-state index contributed by atoms with van der Waals surface area (Å²) in [4.78, 5) is 25.7. The Bertz CT molecular complexity index is 1160. The Morgan fingerprint density at radius 2 is 1.05 bits per heavy atom. The van der Waals surface area contributed by atoms with Crippen molar-refractivity contribution < 1.29 is 64.4 Å². The van der Waals surface area contributed by atoms with Gasteiger partial charge >= 0.3 is 24.3 Å². The highest BCUT2D eigenvalue weighted by molar-refractivity contribution is 5.83. The van der Waals surface area contributed by atoms with E-state index < -0.39 is 78.0 Å². The van der Waals surface area contributed by atoms with E-state index in [9.17, 15) is 35.9 Å². The Hall–Kier alpha value is -3.20. The van der Waals surface area contributed by atoms with E-state index in [4.69, 9.17) is 28.4 Å². The van der Waals surface area contributed by atoms with Gasteiger partial charge in [0.05, 0.1) is 18.8 Å². The lowest BCUT2D eigenvalue weighted by Crippen LogP contribution is -2.52. The van der Waals surface area contributed by atoms with Crippen molar-refractivity contribution in [2.45, 2.75) is 49.1 Å². The zero-order chi connectivity index (χ0) is 32.5. The largest absolute Gasteiger partial charge is 0.463 e. The molecule has 0 unspecified atom stereocenters. The van der Waals surface area contributed by atoms with Crippen LogP contribution in [0.5, 0.6) is 0 Å². The summed E-state index contributed by atoms with van der Waals surface area (Å²) in [7, 11) is 3.96. The number of carbonyl (C=O) groups is 2. The average Bonchev–Trinajstić information content (AvgIpc) is 2.97. The monoisotopic (exact) mass is 624 g/mol. The van der Waals surface area contributed by atoms with Crippen LogP contribution in [-0.2, 0) is 49.2 Å². The average molecular weight is 625 g/mol. The lowest BCUT2D eigenvalue weighted by Gasteiger charge is -2.34. The molecule has 0 amide bonds. The fourth-order valence-corrected chi connectivity index (χ4v) is 4.51. The van der Waals surface area contributed by atoms with Gasteiger partial charge in [0.25, 0.3) is 11.2 Å². The third kappa shape index (κ3) is 7.66. The summed E-state index contributed by atoms with van der Waals surface area (Å²) in [5.74, 6) is -4.16. The highest BCUT2D eigenvalue weighted by Crippen LogP contribution is 2.44. The number of esters is 2. The lowest BCUT2D eigenvalue weighted by atomic mass is 9.92. The molecule has 2 rings (SSSR count). The summed E-state index contributed by atoms with van der Waals surface area (Å²) in [6.07, 6.45) is -12.3. The van der Waals surface area contributed by atoms with Gasteiger partial charge in [-0.05, 0) is 0 Å². The topological polar surface area (TPSA) is 89.5 Å². The molecular weight excluding hydrogens is 590 g/mol. The Morgan fingerprint density at radius 1 is 0.651 bits per heavy atom. The van der Waals surface area contributed by atoms with Crippen molar-refractivity contribution in [3.05, 3.63) is 71.8 Å². The maximum absolute atomic E-state index is 14.1. The zero-order valence-corrected chi connectivity index (χ0v) is 24.2. The molecule has 0 bridgehead atoms. The van der Waals surface area contributed by atoms with E-state index in [1.54, 1.807) is 0 Å². The first-order chi connectivity index (χ1) is 20.2. The van der Waals surface area contributed by atoms with E-state index in [2.05, 4.69) is 0 Å². The molecule has 0 saturated carbocycles. The van der Waals surface area contributed by atoms with Crippen LogP contribution in [0.3, 0.4) is 0 Å². The second kappa shape index (κ2) is 15.0. The summed E-state index contributed by atoms with van der Waals surface area (Å²) in [5, 5.41) is 0. The van der Waals surface area contributed by atoms with Gasteiger partial charge in [-0.1, -0.05) is 67.6 Å². The van der Waals surface area contributed by atoms with Crippen LogP contribution in [0, 0.1) is 5.92 Å². The van der Waals surface area contributed by atoms with Gasteiger partial charge in [0.2, 0.25) is 0 Å². The number of halogens is 6. The van der Waals surface area contributed by atoms with E-state index in [1.807, 2.05) is 0 Å². The molecule has 8 nitrogen and oxygen atoms in total. The minimum atomic E-state index is -5.18. The number of hydrogen-bond acceptors (Lipinski definition) is 8. The smallest absolute Gasteiger partial charge is 0.432 e. The van der Waals surface area contributed by atoms with Crippen LogP contribution >= 0.6 is 0 Å². The van der Waals surface area contributed by atoms with E-state index in [0.717, 1.165) is 38.5 Å². The van der Waals surface area contributed by atoms with Crippen LogP contribution in [0.1, 0.15) is 24.5 Å². The van der Waals surface area contributed by atoms with Crippen molar-refractivity contribution in [2.75, 3.05) is 41.7 Å². The molecule has 2 aromatic rings. The quantitative estimate of drug-likeness (QED) is 0.194. The molecule has 0 aliphatic carbocycles. The number of carbonyl (C=O) groups excluding carboxylic acids is 2. The minimum Gasteiger partial charge on any atom is -0.463 e. The number of ether oxygens (including phenoxy) is 6. The summed E-state index contributed by atoms with van der Waals surface area (Å²) in [6, 6.07) is 12.5. The zero-order valence-electron chi connectivity index (χ0n) is 24.2. The molecule has 0 radical (unpaired) electrons. The highest BCUT2D eigenvalue weighted by Gasteiger charge is 2.65. The van der Waals surface area contributed by atoms with Crippen molar-refractivity contribution in [1.82, 2.24) is 0 Å². The van der Waals surface area contributed by atoms with Crippen molar-refractivity contribution in [2.24, 2.45) is 5.92 Å². The van der Waals surface area contributed by atoms with Crippen LogP contribution in [0.15, 0.2) is 60.7 Å². The van der Waals surface area contributed by atoms with Gasteiger partial charge < -0.3 is 28.4 Å². The number of alkyl halides is 6. The third-order valence-electron chi connectivity index (χ3n) is 6.99. The van der Waals surface area contributed by atoms with E-state index >= 15 is 0 Å². The van der Waals surface area contributed by atoms with Crippen molar-refractivity contribution >= 4 is 11.9 Å².